The van der Waals surface area contributed by atoms with Crippen LogP contribution in [0.3, 0.4) is 0 Å². The molecule has 1 aromatic carbocycles. The van der Waals surface area contributed by atoms with Crippen LogP contribution in [0.5, 0.6) is 0 Å². The number of nitrogens with zero attached hydrogens (tertiary/aromatic N) is 2. The lowest BCUT2D eigenvalue weighted by molar-refractivity contribution is 0.0607. The Morgan fingerprint density at radius 3 is 2.52 bits per heavy atom. The van der Waals surface area contributed by atoms with Crippen molar-refractivity contribution < 1.29 is 18.7 Å². The molecule has 154 valence electrons. The maximum atomic E-state index is 13.1. The van der Waals surface area contributed by atoms with E-state index in [2.05, 4.69) is 4.98 Å². The van der Waals surface area contributed by atoms with Gasteiger partial charge in [-0.15, -0.1) is 11.3 Å². The van der Waals surface area contributed by atoms with E-state index >= 15 is 0 Å². The van der Waals surface area contributed by atoms with Gasteiger partial charge in [-0.2, -0.15) is 0 Å². The van der Waals surface area contributed by atoms with Crippen LogP contribution >= 0.6 is 11.3 Å². The molecule has 0 bridgehead atoms. The molecule has 0 saturated heterocycles. The van der Waals surface area contributed by atoms with Crippen LogP contribution in [0.15, 0.2) is 55.1 Å². The largest absolute Gasteiger partial charge is 0.465 e. The molecule has 0 amide bonds. The summed E-state index contributed by atoms with van der Waals surface area (Å²) in [5.74, 6) is -0.706. The summed E-state index contributed by atoms with van der Waals surface area (Å²) in [4.78, 5) is 17.4. The average Bonchev–Trinajstić information content (AvgIpc) is 3.39. The summed E-state index contributed by atoms with van der Waals surface area (Å²) < 4.78 is 24.8. The number of hydrogen-bond acceptors (Lipinski definition) is 5. The van der Waals surface area contributed by atoms with E-state index in [-0.39, 0.29) is 5.82 Å². The Morgan fingerprint density at radius 1 is 1.24 bits per heavy atom. The Labute approximate surface area is 174 Å². The molecular weight excluding hydrogens is 391 g/mol. The maximum absolute atomic E-state index is 13.1. The zero-order valence-electron chi connectivity index (χ0n) is 16.8. The van der Waals surface area contributed by atoms with Gasteiger partial charge in [0, 0.05) is 42.6 Å². The molecule has 0 unspecified atom stereocenters. The Bertz CT molecular complexity index is 901. The van der Waals surface area contributed by atoms with Gasteiger partial charge in [0.25, 0.3) is 0 Å². The van der Waals surface area contributed by atoms with Gasteiger partial charge < -0.3 is 14.0 Å². The first kappa shape index (κ1) is 22.5. The monoisotopic (exact) mass is 416 g/mol. The van der Waals surface area contributed by atoms with Crippen molar-refractivity contribution in [3.63, 3.8) is 0 Å². The SMILES string of the molecule is CCOCC.COC(=O)c1sc(/C=C/Cn2ccnc2)cc1-c1ccc(F)cc1. The predicted molar refractivity (Wildman–Crippen MR) is 114 cm³/mol. The molecular formula is C22H25FN2O3S. The zero-order valence-corrected chi connectivity index (χ0v) is 17.6. The number of benzene rings is 1. The molecule has 0 atom stereocenters. The second kappa shape index (κ2) is 11.9. The number of halogens is 1. The number of carbonyl (C=O) groups excluding carboxylic acids is 1. The third-order valence-electron chi connectivity index (χ3n) is 3.84. The van der Waals surface area contributed by atoms with Crippen LogP contribution in [-0.4, -0.2) is 35.8 Å². The van der Waals surface area contributed by atoms with E-state index in [0.29, 0.717) is 11.4 Å². The van der Waals surface area contributed by atoms with Crippen molar-refractivity contribution in [2.24, 2.45) is 0 Å². The number of esters is 1. The molecule has 0 aliphatic carbocycles. The number of imidazole rings is 1. The number of ether oxygens (including phenoxy) is 2. The first-order valence-electron chi connectivity index (χ1n) is 9.27. The third-order valence-corrected chi connectivity index (χ3v) is 4.92. The van der Waals surface area contributed by atoms with E-state index in [1.165, 1.54) is 30.6 Å². The number of hydrogen-bond donors (Lipinski definition) is 0. The molecule has 29 heavy (non-hydrogen) atoms. The van der Waals surface area contributed by atoms with Crippen LogP contribution in [0.1, 0.15) is 28.4 Å². The fourth-order valence-corrected chi connectivity index (χ4v) is 3.50. The van der Waals surface area contributed by atoms with Crippen molar-refractivity contribution in [2.45, 2.75) is 20.4 Å². The molecule has 0 N–H and O–H groups in total. The van der Waals surface area contributed by atoms with Gasteiger partial charge >= 0.3 is 5.97 Å². The quantitative estimate of drug-likeness (QED) is 0.491. The summed E-state index contributed by atoms with van der Waals surface area (Å²) in [6.45, 7) is 6.36. The molecule has 0 aliphatic heterocycles. The first-order chi connectivity index (χ1) is 14.1. The van der Waals surface area contributed by atoms with Crippen molar-refractivity contribution in [3.05, 3.63) is 70.7 Å². The molecule has 0 saturated carbocycles. The summed E-state index contributed by atoms with van der Waals surface area (Å²) in [7, 11) is 1.35. The van der Waals surface area contributed by atoms with Crippen LogP contribution in [0.25, 0.3) is 17.2 Å². The summed E-state index contributed by atoms with van der Waals surface area (Å²) >= 11 is 1.35. The number of allylic oxidation sites excluding steroid dienone is 1. The highest BCUT2D eigenvalue weighted by atomic mass is 32.1. The van der Waals surface area contributed by atoms with Gasteiger partial charge in [-0.05, 0) is 43.7 Å². The summed E-state index contributed by atoms with van der Waals surface area (Å²) in [6.07, 6.45) is 9.28. The smallest absolute Gasteiger partial charge is 0.348 e. The van der Waals surface area contributed by atoms with E-state index in [1.54, 1.807) is 24.7 Å². The molecule has 5 nitrogen and oxygen atoms in total. The lowest BCUT2D eigenvalue weighted by Gasteiger charge is -2.02. The highest BCUT2D eigenvalue weighted by Gasteiger charge is 2.17. The van der Waals surface area contributed by atoms with Gasteiger partial charge in [0.05, 0.1) is 13.4 Å². The number of thiophene rings is 1. The van der Waals surface area contributed by atoms with Gasteiger partial charge in [-0.3, -0.25) is 0 Å². The minimum absolute atomic E-state index is 0.311. The second-order valence-corrected chi connectivity index (χ2v) is 6.92. The molecule has 0 spiro atoms. The Hall–Kier alpha value is -2.77. The summed E-state index contributed by atoms with van der Waals surface area (Å²) in [5, 5.41) is 0. The average molecular weight is 417 g/mol. The van der Waals surface area contributed by atoms with Crippen molar-refractivity contribution in [1.29, 1.82) is 0 Å². The number of aromatic nitrogens is 2. The normalized spacial score (nSPS) is 10.6. The minimum Gasteiger partial charge on any atom is -0.465 e. The number of carbonyl (C=O) groups is 1. The molecule has 2 aromatic heterocycles. The van der Waals surface area contributed by atoms with Gasteiger partial charge in [0.2, 0.25) is 0 Å². The van der Waals surface area contributed by atoms with Gasteiger partial charge in [-0.25, -0.2) is 14.2 Å². The highest BCUT2D eigenvalue weighted by Crippen LogP contribution is 2.33. The fraction of sp³-hybridized carbons (Fsp3) is 0.273. The molecule has 2 heterocycles. The van der Waals surface area contributed by atoms with Crippen LogP contribution in [-0.2, 0) is 16.0 Å². The van der Waals surface area contributed by atoms with E-state index < -0.39 is 5.97 Å². The second-order valence-electron chi connectivity index (χ2n) is 5.83. The molecule has 0 radical (unpaired) electrons. The predicted octanol–water partition coefficient (Wildman–Crippen LogP) is 5.29. The van der Waals surface area contributed by atoms with Gasteiger partial charge in [0.15, 0.2) is 0 Å². The van der Waals surface area contributed by atoms with Crippen LogP contribution in [0, 0.1) is 5.82 Å². The van der Waals surface area contributed by atoms with Crippen molar-refractivity contribution in [1.82, 2.24) is 9.55 Å². The van der Waals surface area contributed by atoms with Gasteiger partial charge in [0.1, 0.15) is 10.7 Å². The van der Waals surface area contributed by atoms with E-state index in [9.17, 15) is 9.18 Å². The molecule has 0 aliphatic rings. The standard InChI is InChI=1S/C18H15FN2O2S.C4H10O/c1-23-18(22)17-16(13-4-6-14(19)7-5-13)11-15(24-17)3-2-9-21-10-8-20-12-21;1-3-5-4-2/h2-8,10-12H,9H2,1H3;3-4H2,1-2H3/b3-2+;. The van der Waals surface area contributed by atoms with Crippen molar-refractivity contribution >= 4 is 23.4 Å². The molecule has 3 aromatic rings. The minimum atomic E-state index is -0.395. The van der Waals surface area contributed by atoms with Crippen molar-refractivity contribution in [3.8, 4) is 11.1 Å². The van der Waals surface area contributed by atoms with Crippen LogP contribution < -0.4 is 0 Å². The lowest BCUT2D eigenvalue weighted by Crippen LogP contribution is -1.99. The Balaban J connectivity index is 0.000000537. The van der Waals surface area contributed by atoms with E-state index in [1.807, 2.05) is 42.8 Å². The molecule has 3 rings (SSSR count). The Kier molecular flexibility index (Phi) is 9.27. The van der Waals surface area contributed by atoms with E-state index in [0.717, 1.165) is 29.2 Å². The summed E-state index contributed by atoms with van der Waals surface area (Å²) in [5.41, 5.74) is 1.52. The van der Waals surface area contributed by atoms with E-state index in [4.69, 9.17) is 9.47 Å². The topological polar surface area (TPSA) is 53.4 Å². The van der Waals surface area contributed by atoms with Gasteiger partial charge in [-0.1, -0.05) is 18.2 Å². The number of rotatable bonds is 7. The fourth-order valence-electron chi connectivity index (χ4n) is 2.47. The first-order valence-corrected chi connectivity index (χ1v) is 10.1. The van der Waals surface area contributed by atoms with Crippen LogP contribution in [0.2, 0.25) is 0 Å². The Morgan fingerprint density at radius 2 is 1.97 bits per heavy atom. The zero-order chi connectivity index (χ0) is 21.1. The highest BCUT2D eigenvalue weighted by molar-refractivity contribution is 7.15. The van der Waals surface area contributed by atoms with Crippen LogP contribution in [0.4, 0.5) is 4.39 Å². The molecule has 0 fully saturated rings. The third kappa shape index (κ3) is 6.96. The summed E-state index contributed by atoms with van der Waals surface area (Å²) in [6, 6.07) is 7.98. The van der Waals surface area contributed by atoms with Crippen molar-refractivity contribution in [2.75, 3.05) is 20.3 Å². The maximum Gasteiger partial charge on any atom is 0.348 e. The lowest BCUT2D eigenvalue weighted by atomic mass is 10.1. The molecule has 7 heteroatoms. The number of methoxy groups -OCH3 is 1.